The fraction of sp³-hybridized carbons (Fsp3) is 0.545. The van der Waals surface area contributed by atoms with E-state index in [-0.39, 0.29) is 11.7 Å². The van der Waals surface area contributed by atoms with Crippen LogP contribution in [0.15, 0.2) is 18.2 Å². The van der Waals surface area contributed by atoms with Crippen LogP contribution >= 0.6 is 0 Å². The first kappa shape index (κ1) is 17.5. The van der Waals surface area contributed by atoms with Gasteiger partial charge >= 0.3 is 0 Å². The highest BCUT2D eigenvalue weighted by Crippen LogP contribution is 2.54. The SMILES string of the molecule is CC1=CC(C)(C)N2C(=O)C(O)(C3CCCCCC3=O)c3cc(C)cc1c32. The fourth-order valence-corrected chi connectivity index (χ4v) is 5.16. The Labute approximate surface area is 154 Å². The van der Waals surface area contributed by atoms with Crippen LogP contribution in [0.4, 0.5) is 5.69 Å². The van der Waals surface area contributed by atoms with Crippen LogP contribution in [0.25, 0.3) is 5.57 Å². The smallest absolute Gasteiger partial charge is 0.265 e. The molecule has 4 nitrogen and oxygen atoms in total. The zero-order valence-electron chi connectivity index (χ0n) is 16.1. The third-order valence-electron chi connectivity index (χ3n) is 6.30. The number of benzene rings is 1. The first-order chi connectivity index (χ1) is 12.2. The molecule has 1 saturated carbocycles. The van der Waals surface area contributed by atoms with E-state index >= 15 is 0 Å². The van der Waals surface area contributed by atoms with Crippen molar-refractivity contribution in [3.63, 3.8) is 0 Å². The summed E-state index contributed by atoms with van der Waals surface area (Å²) in [5, 5.41) is 11.8. The maximum Gasteiger partial charge on any atom is 0.265 e. The van der Waals surface area contributed by atoms with Gasteiger partial charge in [0.05, 0.1) is 17.1 Å². The number of aryl methyl sites for hydroxylation is 1. The Morgan fingerprint density at radius 3 is 2.58 bits per heavy atom. The minimum Gasteiger partial charge on any atom is -0.375 e. The van der Waals surface area contributed by atoms with Crippen molar-refractivity contribution in [1.29, 1.82) is 0 Å². The highest BCUT2D eigenvalue weighted by molar-refractivity contribution is 6.14. The second-order valence-electron chi connectivity index (χ2n) is 8.71. The third-order valence-corrected chi connectivity index (χ3v) is 6.30. The molecule has 0 spiro atoms. The van der Waals surface area contributed by atoms with Crippen LogP contribution in [0.1, 0.15) is 69.6 Å². The summed E-state index contributed by atoms with van der Waals surface area (Å²) in [4.78, 5) is 28.1. The van der Waals surface area contributed by atoms with Gasteiger partial charge in [-0.2, -0.15) is 0 Å². The van der Waals surface area contributed by atoms with Crippen molar-refractivity contribution in [3.05, 3.63) is 34.9 Å². The number of amides is 1. The van der Waals surface area contributed by atoms with Gasteiger partial charge in [-0.1, -0.05) is 25.0 Å². The first-order valence-electron chi connectivity index (χ1n) is 9.62. The van der Waals surface area contributed by atoms with Crippen molar-refractivity contribution in [1.82, 2.24) is 0 Å². The highest BCUT2D eigenvalue weighted by Gasteiger charge is 2.60. The van der Waals surface area contributed by atoms with Crippen LogP contribution in [0.5, 0.6) is 0 Å². The van der Waals surface area contributed by atoms with Crippen molar-refractivity contribution in [3.8, 4) is 0 Å². The number of rotatable bonds is 1. The number of aliphatic hydroxyl groups is 1. The molecule has 4 rings (SSSR count). The Balaban J connectivity index is 1.98. The van der Waals surface area contributed by atoms with E-state index in [0.29, 0.717) is 18.4 Å². The largest absolute Gasteiger partial charge is 0.375 e. The van der Waals surface area contributed by atoms with Gasteiger partial charge in [0.2, 0.25) is 0 Å². The summed E-state index contributed by atoms with van der Waals surface area (Å²) in [6.45, 7) is 8.00. The van der Waals surface area contributed by atoms with Crippen LogP contribution in [0, 0.1) is 12.8 Å². The number of carbonyl (C=O) groups excluding carboxylic acids is 2. The molecule has 2 heterocycles. The Morgan fingerprint density at radius 2 is 1.85 bits per heavy atom. The minimum atomic E-state index is -1.74. The van der Waals surface area contributed by atoms with Gasteiger partial charge in [0, 0.05) is 17.5 Å². The summed E-state index contributed by atoms with van der Waals surface area (Å²) in [5.74, 6) is -0.964. The molecule has 0 radical (unpaired) electrons. The number of carbonyl (C=O) groups is 2. The molecule has 2 unspecified atom stereocenters. The molecule has 2 atom stereocenters. The molecular formula is C22H27NO3. The number of ketones is 1. The van der Waals surface area contributed by atoms with Crippen molar-refractivity contribution < 1.29 is 14.7 Å². The van der Waals surface area contributed by atoms with Crippen LogP contribution in [-0.2, 0) is 15.2 Å². The molecule has 1 aromatic rings. The van der Waals surface area contributed by atoms with Crippen LogP contribution < -0.4 is 4.90 Å². The van der Waals surface area contributed by atoms with Gasteiger partial charge in [0.15, 0.2) is 5.60 Å². The summed E-state index contributed by atoms with van der Waals surface area (Å²) in [6.07, 6.45) is 5.81. The molecule has 0 bridgehead atoms. The lowest BCUT2D eigenvalue weighted by molar-refractivity contribution is -0.150. The first-order valence-corrected chi connectivity index (χ1v) is 9.62. The molecule has 1 fully saturated rings. The molecule has 26 heavy (non-hydrogen) atoms. The van der Waals surface area contributed by atoms with Gasteiger partial charge in [-0.05, 0) is 57.7 Å². The lowest BCUT2D eigenvalue weighted by Gasteiger charge is -2.39. The van der Waals surface area contributed by atoms with Crippen LogP contribution in [-0.4, -0.2) is 22.3 Å². The van der Waals surface area contributed by atoms with Crippen molar-refractivity contribution in [2.24, 2.45) is 5.92 Å². The minimum absolute atomic E-state index is 0.0240. The quantitative estimate of drug-likeness (QED) is 0.780. The summed E-state index contributed by atoms with van der Waals surface area (Å²) < 4.78 is 0. The number of Topliss-reactive ketones (excluding diaryl/α,β-unsaturated/α-hetero) is 1. The maximum absolute atomic E-state index is 13.6. The summed E-state index contributed by atoms with van der Waals surface area (Å²) in [6, 6.07) is 3.98. The number of allylic oxidation sites excluding steroid dienone is 1. The molecule has 1 aromatic carbocycles. The molecule has 2 aliphatic heterocycles. The van der Waals surface area contributed by atoms with Crippen LogP contribution in [0.2, 0.25) is 0 Å². The maximum atomic E-state index is 13.6. The number of hydrogen-bond donors (Lipinski definition) is 1. The lowest BCUT2D eigenvalue weighted by Crippen LogP contribution is -2.54. The van der Waals surface area contributed by atoms with E-state index in [1.165, 1.54) is 0 Å². The summed E-state index contributed by atoms with van der Waals surface area (Å²) in [7, 11) is 0. The molecule has 138 valence electrons. The van der Waals surface area contributed by atoms with Crippen molar-refractivity contribution in [2.45, 2.75) is 70.9 Å². The standard InChI is InChI=1S/C22H27NO3/c1-13-10-15-14(2)12-21(3,4)23-19(15)17(11-13)22(26,20(23)25)16-8-6-5-7-9-18(16)24/h10-12,16,26H,5-9H2,1-4H3. The van der Waals surface area contributed by atoms with Gasteiger partial charge in [0.1, 0.15) is 5.78 Å². The van der Waals surface area contributed by atoms with Gasteiger partial charge in [-0.15, -0.1) is 0 Å². The summed E-state index contributed by atoms with van der Waals surface area (Å²) in [5.41, 5.74) is 2.24. The number of hydrogen-bond acceptors (Lipinski definition) is 3. The monoisotopic (exact) mass is 353 g/mol. The van der Waals surface area contributed by atoms with E-state index in [2.05, 4.69) is 12.1 Å². The van der Waals surface area contributed by atoms with E-state index in [0.717, 1.165) is 41.6 Å². The molecule has 3 aliphatic rings. The Hall–Kier alpha value is -1.94. The Morgan fingerprint density at radius 1 is 1.12 bits per heavy atom. The molecule has 0 saturated heterocycles. The second-order valence-corrected chi connectivity index (χ2v) is 8.71. The topological polar surface area (TPSA) is 57.6 Å². The number of anilines is 1. The van der Waals surface area contributed by atoms with Gasteiger partial charge in [-0.25, -0.2) is 0 Å². The van der Waals surface area contributed by atoms with Crippen molar-refractivity contribution >= 4 is 23.0 Å². The normalized spacial score (nSPS) is 30.1. The van der Waals surface area contributed by atoms with E-state index in [1.54, 1.807) is 4.90 Å². The highest BCUT2D eigenvalue weighted by atomic mass is 16.3. The average molecular weight is 353 g/mol. The Bertz CT molecular complexity index is 851. The third kappa shape index (κ3) is 2.18. The second kappa shape index (κ2) is 5.53. The number of nitrogens with zero attached hydrogens (tertiary/aromatic N) is 1. The predicted octanol–water partition coefficient (Wildman–Crippen LogP) is 3.87. The zero-order valence-corrected chi connectivity index (χ0v) is 16.1. The van der Waals surface area contributed by atoms with E-state index in [9.17, 15) is 14.7 Å². The van der Waals surface area contributed by atoms with Gasteiger partial charge in [0.25, 0.3) is 5.91 Å². The molecule has 1 aliphatic carbocycles. The van der Waals surface area contributed by atoms with Gasteiger partial charge in [-0.3, -0.25) is 14.5 Å². The zero-order chi connectivity index (χ0) is 18.9. The fourth-order valence-electron chi connectivity index (χ4n) is 5.16. The average Bonchev–Trinajstić information content (AvgIpc) is 2.70. The van der Waals surface area contributed by atoms with E-state index in [4.69, 9.17) is 0 Å². The van der Waals surface area contributed by atoms with Crippen LogP contribution in [0.3, 0.4) is 0 Å². The molecular weight excluding hydrogens is 326 g/mol. The molecule has 4 heteroatoms. The predicted molar refractivity (Wildman–Crippen MR) is 102 cm³/mol. The van der Waals surface area contributed by atoms with E-state index in [1.807, 2.05) is 33.8 Å². The molecule has 0 aromatic heterocycles. The molecule has 1 amide bonds. The van der Waals surface area contributed by atoms with Gasteiger partial charge < -0.3 is 5.11 Å². The van der Waals surface area contributed by atoms with E-state index < -0.39 is 17.1 Å². The molecule has 1 N–H and O–H groups in total. The lowest BCUT2D eigenvalue weighted by atomic mass is 9.76. The van der Waals surface area contributed by atoms with Crippen molar-refractivity contribution in [2.75, 3.05) is 4.90 Å². The summed E-state index contributed by atoms with van der Waals surface area (Å²) >= 11 is 0. The Kier molecular flexibility index (Phi) is 3.71.